The van der Waals surface area contributed by atoms with Crippen molar-refractivity contribution < 1.29 is 25.2 Å². The zero-order chi connectivity index (χ0) is 29.3. The van der Waals surface area contributed by atoms with Gasteiger partial charge in [0.1, 0.15) is 12.2 Å². The van der Waals surface area contributed by atoms with Gasteiger partial charge in [-0.15, -0.1) is 0 Å². The van der Waals surface area contributed by atoms with E-state index >= 15 is 0 Å². The van der Waals surface area contributed by atoms with E-state index in [1.54, 1.807) is 37.5 Å². The van der Waals surface area contributed by atoms with Crippen LogP contribution in [0.1, 0.15) is 77.3 Å². The highest BCUT2D eigenvalue weighted by Gasteiger charge is 2.46. The Morgan fingerprint density at radius 3 is 1.30 bits per heavy atom. The summed E-state index contributed by atoms with van der Waals surface area (Å²) in [4.78, 5) is 17.9. The molecule has 0 aromatic heterocycles. The molecule has 7 nitrogen and oxygen atoms in total. The molecule has 1 aliphatic rings. The minimum Gasteiger partial charge on any atom is -0.390 e. The van der Waals surface area contributed by atoms with Crippen LogP contribution in [-0.4, -0.2) is 84.8 Å². The van der Waals surface area contributed by atoms with E-state index in [9.17, 15) is 25.2 Å². The van der Waals surface area contributed by atoms with Gasteiger partial charge >= 0.3 is 6.03 Å². The third-order valence-electron chi connectivity index (χ3n) is 7.88. The number of carbonyl (C=O) groups excluding carboxylic acids is 1. The van der Waals surface area contributed by atoms with Crippen molar-refractivity contribution in [3.63, 3.8) is 0 Å². The van der Waals surface area contributed by atoms with Crippen LogP contribution in [0.3, 0.4) is 0 Å². The number of aliphatic hydroxyl groups is 4. The van der Waals surface area contributed by atoms with Crippen LogP contribution in [0, 0.1) is 0 Å². The molecule has 0 radical (unpaired) electrons. The summed E-state index contributed by atoms with van der Waals surface area (Å²) in [7, 11) is 0. The van der Waals surface area contributed by atoms with Crippen molar-refractivity contribution in [3.05, 3.63) is 71.8 Å². The molecule has 4 atom stereocenters. The molecule has 1 saturated heterocycles. The first-order valence-electron chi connectivity index (χ1n) is 14.8. The number of unbranched alkanes of at least 4 members (excludes halogenated alkanes) is 2. The molecule has 0 unspecified atom stereocenters. The van der Waals surface area contributed by atoms with Gasteiger partial charge in [-0.25, -0.2) is 4.79 Å². The molecule has 0 saturated carbocycles. The average molecular weight is 555 g/mol. The highest BCUT2D eigenvalue weighted by Crippen LogP contribution is 2.29. The molecule has 4 N–H and O–H groups in total. The number of hydrogen-bond acceptors (Lipinski definition) is 5. The van der Waals surface area contributed by atoms with E-state index < -0.39 is 35.5 Å². The van der Waals surface area contributed by atoms with Crippen molar-refractivity contribution in [2.45, 2.75) is 115 Å². The van der Waals surface area contributed by atoms with Crippen LogP contribution >= 0.6 is 0 Å². The van der Waals surface area contributed by atoms with Gasteiger partial charge in [-0.2, -0.15) is 0 Å². The lowest BCUT2D eigenvalue weighted by Crippen LogP contribution is -2.51. The number of rotatable bonds is 14. The van der Waals surface area contributed by atoms with E-state index in [4.69, 9.17) is 0 Å². The van der Waals surface area contributed by atoms with E-state index in [2.05, 4.69) is 0 Å². The fourth-order valence-corrected chi connectivity index (χ4v) is 5.65. The van der Waals surface area contributed by atoms with E-state index in [0.717, 1.165) is 24.0 Å². The van der Waals surface area contributed by atoms with Crippen molar-refractivity contribution in [3.8, 4) is 0 Å². The van der Waals surface area contributed by atoms with E-state index in [1.807, 2.05) is 60.7 Å². The minimum atomic E-state index is -1.13. The maximum Gasteiger partial charge on any atom is 0.320 e. The van der Waals surface area contributed by atoms with Crippen molar-refractivity contribution in [2.24, 2.45) is 0 Å². The number of hydrogen-bond donors (Lipinski definition) is 4. The number of urea groups is 1. The summed E-state index contributed by atoms with van der Waals surface area (Å²) >= 11 is 0. The van der Waals surface area contributed by atoms with Crippen molar-refractivity contribution >= 4 is 6.03 Å². The lowest BCUT2D eigenvalue weighted by atomic mass is 9.91. The Morgan fingerprint density at radius 2 is 0.975 bits per heavy atom. The van der Waals surface area contributed by atoms with Crippen LogP contribution in [0.15, 0.2) is 60.7 Å². The molecule has 0 spiro atoms. The molecule has 1 fully saturated rings. The normalized spacial score (nSPS) is 22.4. The summed E-state index contributed by atoms with van der Waals surface area (Å²) in [5.41, 5.74) is 0.419. The predicted molar refractivity (Wildman–Crippen MR) is 159 cm³/mol. The molecule has 3 rings (SSSR count). The Bertz CT molecular complexity index is 937. The van der Waals surface area contributed by atoms with Crippen molar-refractivity contribution in [1.29, 1.82) is 0 Å². The SMILES string of the molecule is CC(C)(O)CCCCN1C(=O)N(CCCCC(C)(C)O)[C@H](Cc2ccccc2)[C@H](O)[C@@H](O)[C@H]1Cc1ccccc1. The zero-order valence-corrected chi connectivity index (χ0v) is 24.7. The fraction of sp³-hybridized carbons (Fsp3) is 0.606. The molecular weight excluding hydrogens is 504 g/mol. The molecule has 1 aliphatic heterocycles. The van der Waals surface area contributed by atoms with E-state index in [-0.39, 0.29) is 6.03 Å². The molecule has 2 amide bonds. The topological polar surface area (TPSA) is 104 Å². The van der Waals surface area contributed by atoms with Crippen molar-refractivity contribution in [1.82, 2.24) is 9.80 Å². The summed E-state index contributed by atoms with van der Waals surface area (Å²) in [5, 5.41) is 43.7. The molecule has 2 aromatic carbocycles. The monoisotopic (exact) mass is 554 g/mol. The van der Waals surface area contributed by atoms with Crippen LogP contribution in [0.4, 0.5) is 4.79 Å². The Labute approximate surface area is 240 Å². The Kier molecular flexibility index (Phi) is 11.6. The first-order chi connectivity index (χ1) is 18.9. The molecule has 1 heterocycles. The lowest BCUT2D eigenvalue weighted by Gasteiger charge is -2.36. The van der Waals surface area contributed by atoms with E-state index in [1.165, 1.54) is 0 Å². The number of carbonyl (C=O) groups is 1. The molecule has 0 aliphatic carbocycles. The standard InChI is InChI=1S/C33H50N2O5/c1-32(2,39)19-11-13-21-34-27(23-25-15-7-5-8-16-25)29(36)30(37)28(24-26-17-9-6-10-18-26)35(31(34)38)22-14-12-20-33(3,4)40/h5-10,15-18,27-30,36-37,39-40H,11-14,19-24H2,1-4H3/t27-,28-,29+,30+/m1/s1. The third-order valence-corrected chi connectivity index (χ3v) is 7.88. The van der Waals surface area contributed by atoms with Crippen LogP contribution in [0.25, 0.3) is 0 Å². The Balaban J connectivity index is 1.93. The van der Waals surface area contributed by atoms with Crippen LogP contribution in [0.2, 0.25) is 0 Å². The molecule has 0 bridgehead atoms. The summed E-state index contributed by atoms with van der Waals surface area (Å²) < 4.78 is 0. The van der Waals surface area contributed by atoms with Crippen LogP contribution in [0.5, 0.6) is 0 Å². The Morgan fingerprint density at radius 1 is 0.625 bits per heavy atom. The summed E-state index contributed by atoms with van der Waals surface area (Å²) in [6.45, 7) is 7.98. The number of amides is 2. The van der Waals surface area contributed by atoms with Gasteiger partial charge in [-0.05, 0) is 90.2 Å². The number of aliphatic hydroxyl groups excluding tert-OH is 2. The second-order valence-corrected chi connectivity index (χ2v) is 12.7. The van der Waals surface area contributed by atoms with Gasteiger partial charge in [-0.3, -0.25) is 0 Å². The average Bonchev–Trinajstić information content (AvgIpc) is 2.95. The van der Waals surface area contributed by atoms with Gasteiger partial charge in [0.25, 0.3) is 0 Å². The molecule has 2 aromatic rings. The van der Waals surface area contributed by atoms with Crippen molar-refractivity contribution in [2.75, 3.05) is 13.1 Å². The van der Waals surface area contributed by atoms with Gasteiger partial charge in [0.15, 0.2) is 0 Å². The highest BCUT2D eigenvalue weighted by molar-refractivity contribution is 5.76. The quantitative estimate of drug-likeness (QED) is 0.257. The van der Waals surface area contributed by atoms with Gasteiger partial charge in [0.2, 0.25) is 0 Å². The van der Waals surface area contributed by atoms with Gasteiger partial charge < -0.3 is 30.2 Å². The van der Waals surface area contributed by atoms with Crippen LogP contribution < -0.4 is 0 Å². The third kappa shape index (κ3) is 9.88. The largest absolute Gasteiger partial charge is 0.390 e. The molecule has 7 heteroatoms. The van der Waals surface area contributed by atoms with E-state index in [0.29, 0.717) is 51.6 Å². The lowest BCUT2D eigenvalue weighted by molar-refractivity contribution is -0.0398. The summed E-state index contributed by atoms with van der Waals surface area (Å²) in [6.07, 6.45) is 2.66. The van der Waals surface area contributed by atoms with Gasteiger partial charge in [0, 0.05) is 13.1 Å². The maximum atomic E-state index is 14.4. The first-order valence-corrected chi connectivity index (χ1v) is 14.8. The molecule has 40 heavy (non-hydrogen) atoms. The second-order valence-electron chi connectivity index (χ2n) is 12.7. The number of benzene rings is 2. The molecular formula is C33H50N2O5. The fourth-order valence-electron chi connectivity index (χ4n) is 5.65. The second kappa shape index (κ2) is 14.4. The predicted octanol–water partition coefficient (Wildman–Crippen LogP) is 4.55. The molecule has 222 valence electrons. The highest BCUT2D eigenvalue weighted by atomic mass is 16.3. The summed E-state index contributed by atoms with van der Waals surface area (Å²) in [6, 6.07) is 18.2. The van der Waals surface area contributed by atoms with Gasteiger partial charge in [-0.1, -0.05) is 60.7 Å². The smallest absolute Gasteiger partial charge is 0.320 e. The summed E-state index contributed by atoms with van der Waals surface area (Å²) in [5.74, 6) is 0. The van der Waals surface area contributed by atoms with Crippen LogP contribution in [-0.2, 0) is 12.8 Å². The first kappa shape index (κ1) is 32.1. The maximum absolute atomic E-state index is 14.4. The zero-order valence-electron chi connectivity index (χ0n) is 24.7. The van der Waals surface area contributed by atoms with Gasteiger partial charge in [0.05, 0.1) is 23.3 Å². The number of nitrogens with zero attached hydrogens (tertiary/aromatic N) is 2. The minimum absolute atomic E-state index is 0.177. The Hall–Kier alpha value is -2.45.